The summed E-state index contributed by atoms with van der Waals surface area (Å²) in [5.74, 6) is -3.98. The Morgan fingerprint density at radius 3 is 1.73 bits per heavy atom. The molecule has 4 amide bonds. The van der Waals surface area contributed by atoms with E-state index in [0.29, 0.717) is 6.42 Å². The van der Waals surface area contributed by atoms with E-state index in [1.54, 1.807) is 0 Å². The van der Waals surface area contributed by atoms with Gasteiger partial charge in [-0.25, -0.2) is 4.79 Å². The molecule has 0 rings (SSSR count). The molecular weight excluding hydrogens is 484 g/mol. The number of carboxylic acids is 1. The molecule has 4 atom stereocenters. The number of carboxylic acid groups (broad SMARTS) is 1. The zero-order valence-electron chi connectivity index (χ0n) is 22.2. The summed E-state index contributed by atoms with van der Waals surface area (Å²) in [5.41, 5.74) is 21.6. The Morgan fingerprint density at radius 2 is 1.24 bits per heavy atom. The first-order valence-corrected chi connectivity index (χ1v) is 12.4. The lowest BCUT2D eigenvalue weighted by Crippen LogP contribution is -2.57. The average molecular weight is 529 g/mol. The Morgan fingerprint density at radius 1 is 0.757 bits per heavy atom. The smallest absolute Gasteiger partial charge is 0.326 e. The summed E-state index contributed by atoms with van der Waals surface area (Å²) in [6.07, 6.45) is 0.761. The normalized spacial score (nSPS) is 14.2. The molecule has 0 aromatic rings. The van der Waals surface area contributed by atoms with Crippen LogP contribution in [0.2, 0.25) is 0 Å². The summed E-state index contributed by atoms with van der Waals surface area (Å²) in [7, 11) is 0. The molecule has 37 heavy (non-hydrogen) atoms. The molecule has 0 saturated carbocycles. The number of hydrogen-bond acceptors (Lipinski definition) is 7. The fraction of sp³-hybridized carbons (Fsp3) is 0.739. The number of nitrogens with zero attached hydrogens (tertiary/aromatic N) is 1. The maximum absolute atomic E-state index is 13.1. The highest BCUT2D eigenvalue weighted by atomic mass is 16.4. The second kappa shape index (κ2) is 17.1. The number of carbonyl (C=O) groups excluding carboxylic acids is 4. The van der Waals surface area contributed by atoms with Crippen molar-refractivity contribution in [2.24, 2.45) is 39.8 Å². The molecule has 0 aromatic carbocycles. The van der Waals surface area contributed by atoms with E-state index in [1.807, 2.05) is 27.7 Å². The van der Waals surface area contributed by atoms with Crippen molar-refractivity contribution in [3.63, 3.8) is 0 Å². The summed E-state index contributed by atoms with van der Waals surface area (Å²) < 4.78 is 0. The van der Waals surface area contributed by atoms with Gasteiger partial charge in [0.25, 0.3) is 0 Å². The first-order valence-electron chi connectivity index (χ1n) is 12.4. The summed E-state index contributed by atoms with van der Waals surface area (Å²) in [6, 6.07) is -4.36. The third kappa shape index (κ3) is 15.3. The Kier molecular flexibility index (Phi) is 15.5. The van der Waals surface area contributed by atoms with Crippen LogP contribution in [0.15, 0.2) is 4.99 Å². The van der Waals surface area contributed by atoms with Crippen LogP contribution in [0.5, 0.6) is 0 Å². The van der Waals surface area contributed by atoms with Crippen LogP contribution in [0.3, 0.4) is 0 Å². The monoisotopic (exact) mass is 528 g/mol. The molecule has 0 spiro atoms. The molecule has 0 heterocycles. The molecule has 0 aliphatic rings. The molecule has 12 N–H and O–H groups in total. The lowest BCUT2D eigenvalue weighted by atomic mass is 10.00. The molecule has 0 aromatic heterocycles. The second-order valence-corrected chi connectivity index (χ2v) is 9.84. The number of amides is 4. The minimum Gasteiger partial charge on any atom is -0.480 e. The van der Waals surface area contributed by atoms with Crippen LogP contribution in [0, 0.1) is 11.8 Å². The standard InChI is InChI=1S/C23H44N8O6/c1-12(2)10-16(21(35)31-17(22(36)37)11-13(3)4)30-20(34)15(7-8-18(25)32)29-19(33)14(24)6-5-9-28-23(26)27/h12-17H,5-11,24H2,1-4H3,(H2,25,32)(H,29,33)(H,30,34)(H,31,35)(H,36,37)(H4,26,27,28). The number of rotatable bonds is 18. The summed E-state index contributed by atoms with van der Waals surface area (Å²) in [4.78, 5) is 65.3. The molecule has 0 radical (unpaired) electrons. The molecule has 0 aliphatic carbocycles. The van der Waals surface area contributed by atoms with E-state index >= 15 is 0 Å². The van der Waals surface area contributed by atoms with Crippen LogP contribution in [0.4, 0.5) is 0 Å². The fourth-order valence-corrected chi connectivity index (χ4v) is 3.43. The van der Waals surface area contributed by atoms with Gasteiger partial charge in [0.05, 0.1) is 6.04 Å². The number of aliphatic carboxylic acids is 1. The number of carbonyl (C=O) groups is 5. The molecule has 212 valence electrons. The molecule has 0 bridgehead atoms. The predicted molar refractivity (Wildman–Crippen MR) is 139 cm³/mol. The maximum atomic E-state index is 13.1. The average Bonchev–Trinajstić information content (AvgIpc) is 2.76. The van der Waals surface area contributed by atoms with Gasteiger partial charge in [-0.3, -0.25) is 24.2 Å². The van der Waals surface area contributed by atoms with Crippen LogP contribution in [0.25, 0.3) is 0 Å². The van der Waals surface area contributed by atoms with E-state index in [2.05, 4.69) is 20.9 Å². The molecule has 14 heteroatoms. The van der Waals surface area contributed by atoms with Crippen LogP contribution in [-0.4, -0.2) is 71.4 Å². The van der Waals surface area contributed by atoms with Crippen molar-refractivity contribution in [3.8, 4) is 0 Å². The lowest BCUT2D eigenvalue weighted by molar-refractivity contribution is -0.143. The van der Waals surface area contributed by atoms with Crippen molar-refractivity contribution >= 4 is 35.6 Å². The van der Waals surface area contributed by atoms with Gasteiger partial charge in [-0.1, -0.05) is 27.7 Å². The molecule has 0 fully saturated rings. The first-order chi connectivity index (χ1) is 17.1. The number of hydrogen-bond donors (Lipinski definition) is 8. The van der Waals surface area contributed by atoms with Gasteiger partial charge < -0.3 is 44.0 Å². The van der Waals surface area contributed by atoms with Gasteiger partial charge >= 0.3 is 5.97 Å². The highest BCUT2D eigenvalue weighted by molar-refractivity contribution is 5.94. The van der Waals surface area contributed by atoms with E-state index in [0.717, 1.165) is 0 Å². The van der Waals surface area contributed by atoms with Crippen molar-refractivity contribution < 1.29 is 29.1 Å². The minimum absolute atomic E-state index is 0.0107. The predicted octanol–water partition coefficient (Wildman–Crippen LogP) is -1.74. The summed E-state index contributed by atoms with van der Waals surface area (Å²) in [5, 5.41) is 17.0. The Bertz CT molecular complexity index is 813. The number of guanidine groups is 1. The van der Waals surface area contributed by atoms with Crippen molar-refractivity contribution in [2.75, 3.05) is 6.54 Å². The highest BCUT2D eigenvalue weighted by Crippen LogP contribution is 2.10. The van der Waals surface area contributed by atoms with Gasteiger partial charge in [-0.05, 0) is 43.9 Å². The lowest BCUT2D eigenvalue weighted by Gasteiger charge is -2.26. The molecule has 14 nitrogen and oxygen atoms in total. The van der Waals surface area contributed by atoms with Gasteiger partial charge in [0.1, 0.15) is 18.1 Å². The quantitative estimate of drug-likeness (QED) is 0.0569. The largest absolute Gasteiger partial charge is 0.480 e. The SMILES string of the molecule is CC(C)CC(NC(=O)C(CC(C)C)NC(=O)C(CCC(N)=O)NC(=O)C(N)CCCN=C(N)N)C(=O)O. The third-order valence-electron chi connectivity index (χ3n) is 5.28. The molecule has 0 aliphatic heterocycles. The van der Waals surface area contributed by atoms with Gasteiger partial charge in [0, 0.05) is 13.0 Å². The van der Waals surface area contributed by atoms with E-state index in [-0.39, 0.29) is 56.4 Å². The van der Waals surface area contributed by atoms with Crippen molar-refractivity contribution in [1.29, 1.82) is 0 Å². The van der Waals surface area contributed by atoms with Crippen molar-refractivity contribution in [3.05, 3.63) is 0 Å². The zero-order valence-corrected chi connectivity index (χ0v) is 22.2. The minimum atomic E-state index is -1.20. The van der Waals surface area contributed by atoms with Crippen LogP contribution in [0.1, 0.15) is 66.2 Å². The topological polar surface area (TPSA) is 258 Å². The van der Waals surface area contributed by atoms with Gasteiger partial charge in [-0.15, -0.1) is 0 Å². The Balaban J connectivity index is 5.49. The van der Waals surface area contributed by atoms with Crippen molar-refractivity contribution in [1.82, 2.24) is 16.0 Å². The van der Waals surface area contributed by atoms with Crippen LogP contribution in [-0.2, 0) is 24.0 Å². The number of aliphatic imine (C=N–C) groups is 1. The summed E-state index contributed by atoms with van der Waals surface area (Å²) >= 11 is 0. The maximum Gasteiger partial charge on any atom is 0.326 e. The van der Waals surface area contributed by atoms with Crippen LogP contribution >= 0.6 is 0 Å². The Labute approximate surface area is 217 Å². The first kappa shape index (κ1) is 33.6. The summed E-state index contributed by atoms with van der Waals surface area (Å²) in [6.45, 7) is 7.60. The van der Waals surface area contributed by atoms with E-state index in [4.69, 9.17) is 22.9 Å². The number of primary amides is 1. The Hall–Kier alpha value is -3.42. The molecule has 4 unspecified atom stereocenters. The van der Waals surface area contributed by atoms with Crippen LogP contribution < -0.4 is 38.9 Å². The van der Waals surface area contributed by atoms with E-state index in [1.165, 1.54) is 0 Å². The molecule has 0 saturated heterocycles. The van der Waals surface area contributed by atoms with Gasteiger partial charge in [0.15, 0.2) is 5.96 Å². The molecular formula is C23H44N8O6. The number of nitrogens with two attached hydrogens (primary N) is 4. The van der Waals surface area contributed by atoms with Gasteiger partial charge in [0.2, 0.25) is 23.6 Å². The highest BCUT2D eigenvalue weighted by Gasteiger charge is 2.31. The van der Waals surface area contributed by atoms with E-state index in [9.17, 15) is 29.1 Å². The second-order valence-electron chi connectivity index (χ2n) is 9.84. The third-order valence-corrected chi connectivity index (χ3v) is 5.28. The van der Waals surface area contributed by atoms with Gasteiger partial charge in [-0.2, -0.15) is 0 Å². The number of nitrogens with one attached hydrogen (secondary N) is 3. The zero-order chi connectivity index (χ0) is 28.7. The fourth-order valence-electron chi connectivity index (χ4n) is 3.43. The van der Waals surface area contributed by atoms with Crippen molar-refractivity contribution in [2.45, 2.75) is 90.4 Å². The van der Waals surface area contributed by atoms with E-state index < -0.39 is 53.8 Å².